The highest BCUT2D eigenvalue weighted by atomic mass is 31.1. The summed E-state index contributed by atoms with van der Waals surface area (Å²) in [5.41, 5.74) is 5.62. The molecule has 0 aromatic heterocycles. The molecule has 0 radical (unpaired) electrons. The zero-order valence-electron chi connectivity index (χ0n) is 20.2. The van der Waals surface area contributed by atoms with Crippen LogP contribution in [-0.2, 0) is 0 Å². The molecule has 0 aliphatic carbocycles. The van der Waals surface area contributed by atoms with E-state index in [1.807, 2.05) is 25.1 Å². The van der Waals surface area contributed by atoms with Crippen molar-refractivity contribution in [3.63, 3.8) is 0 Å². The highest BCUT2D eigenvalue weighted by Gasteiger charge is 2.18. The molecule has 0 aliphatic rings. The van der Waals surface area contributed by atoms with Gasteiger partial charge in [0.05, 0.1) is 13.2 Å². The molecule has 0 saturated carbocycles. The van der Waals surface area contributed by atoms with Gasteiger partial charge >= 0.3 is 0 Å². The number of aryl methyl sites for hydroxylation is 2. The third kappa shape index (κ3) is 7.35. The van der Waals surface area contributed by atoms with Crippen molar-refractivity contribution < 1.29 is 14.3 Å². The zero-order chi connectivity index (χ0) is 22.8. The van der Waals surface area contributed by atoms with Gasteiger partial charge in [-0.15, -0.1) is 0 Å². The summed E-state index contributed by atoms with van der Waals surface area (Å²) in [7, 11) is 0.0319. The number of carbonyl (C=O) groups excluding carboxylic acids is 1. The molecule has 0 saturated heterocycles. The number of hydrogen-bond donors (Lipinski definition) is 0. The molecule has 0 heterocycles. The van der Waals surface area contributed by atoms with E-state index in [9.17, 15) is 4.79 Å². The van der Waals surface area contributed by atoms with Crippen LogP contribution in [-0.4, -0.2) is 18.7 Å². The summed E-state index contributed by atoms with van der Waals surface area (Å²) in [4.78, 5) is 13.3. The molecule has 0 aliphatic heterocycles. The Hall–Kier alpha value is -1.86. The summed E-state index contributed by atoms with van der Waals surface area (Å²) < 4.78 is 12.0. The van der Waals surface area contributed by atoms with Crippen LogP contribution in [0.5, 0.6) is 11.5 Å². The quantitative estimate of drug-likeness (QED) is 0.243. The van der Waals surface area contributed by atoms with Gasteiger partial charge in [-0.3, -0.25) is 4.79 Å². The second-order valence-corrected chi connectivity index (χ2v) is 9.60. The van der Waals surface area contributed by atoms with Crippen LogP contribution in [0.4, 0.5) is 0 Å². The number of ether oxygens (including phenoxy) is 2. The van der Waals surface area contributed by atoms with Crippen LogP contribution in [0.1, 0.15) is 85.0 Å². The fraction of sp³-hybridized carbons (Fsp3) is 0.519. The van der Waals surface area contributed by atoms with Crippen molar-refractivity contribution in [3.8, 4) is 11.5 Å². The second-order valence-electron chi connectivity index (χ2n) is 8.36. The maximum atomic E-state index is 13.3. The lowest BCUT2D eigenvalue weighted by Gasteiger charge is -2.16. The topological polar surface area (TPSA) is 35.5 Å². The number of carbonyl (C=O) groups is 1. The lowest BCUT2D eigenvalue weighted by atomic mass is 9.95. The van der Waals surface area contributed by atoms with Crippen molar-refractivity contribution in [2.75, 3.05) is 13.2 Å². The van der Waals surface area contributed by atoms with Gasteiger partial charge in [-0.1, -0.05) is 45.6 Å². The first-order valence-corrected chi connectivity index (χ1v) is 12.7. The summed E-state index contributed by atoms with van der Waals surface area (Å²) in [5.74, 6) is 1.61. The molecule has 2 aromatic carbocycles. The maximum absolute atomic E-state index is 13.3. The molecule has 170 valence electrons. The van der Waals surface area contributed by atoms with E-state index < -0.39 is 0 Å². The largest absolute Gasteiger partial charge is 0.493 e. The van der Waals surface area contributed by atoms with Crippen LogP contribution < -0.4 is 14.8 Å². The first-order chi connectivity index (χ1) is 14.9. The van der Waals surface area contributed by atoms with Gasteiger partial charge in [0.25, 0.3) is 0 Å². The summed E-state index contributed by atoms with van der Waals surface area (Å²) in [5, 5.41) is 0.958. The number of hydrogen-bond acceptors (Lipinski definition) is 3. The minimum Gasteiger partial charge on any atom is -0.493 e. The van der Waals surface area contributed by atoms with Gasteiger partial charge in [0.2, 0.25) is 0 Å². The van der Waals surface area contributed by atoms with Gasteiger partial charge in [0, 0.05) is 16.9 Å². The summed E-state index contributed by atoms with van der Waals surface area (Å²) in [6, 6.07) is 8.07. The van der Waals surface area contributed by atoms with Crippen LogP contribution >= 0.6 is 8.58 Å². The highest BCUT2D eigenvalue weighted by molar-refractivity contribution is 7.66. The average molecular weight is 443 g/mol. The summed E-state index contributed by atoms with van der Waals surface area (Å²) in [6.45, 7) is 14.0. The molecule has 0 spiro atoms. The average Bonchev–Trinajstić information content (AvgIpc) is 2.74. The van der Waals surface area contributed by atoms with E-state index in [-0.39, 0.29) is 14.1 Å². The minimum absolute atomic E-state index is 0.0319. The predicted octanol–water partition coefficient (Wildman–Crippen LogP) is 7.20. The van der Waals surface area contributed by atoms with Crippen LogP contribution in [0.15, 0.2) is 24.3 Å². The van der Waals surface area contributed by atoms with Crippen molar-refractivity contribution in [1.82, 2.24) is 0 Å². The molecule has 1 unspecified atom stereocenters. The van der Waals surface area contributed by atoms with Crippen LogP contribution in [0.3, 0.4) is 0 Å². The van der Waals surface area contributed by atoms with Gasteiger partial charge < -0.3 is 9.47 Å². The molecular formula is C27H39O3P. The minimum atomic E-state index is 0.0319. The Kier molecular flexibility index (Phi) is 10.5. The Bertz CT molecular complexity index is 873. The normalized spacial score (nSPS) is 11.3. The van der Waals surface area contributed by atoms with E-state index >= 15 is 0 Å². The third-order valence-electron chi connectivity index (χ3n) is 5.81. The highest BCUT2D eigenvalue weighted by Crippen LogP contribution is 2.31. The monoisotopic (exact) mass is 442 g/mol. The third-order valence-corrected chi connectivity index (χ3v) is 6.97. The maximum Gasteiger partial charge on any atom is 0.186 e. The molecular weight excluding hydrogens is 403 g/mol. The molecule has 4 heteroatoms. The lowest BCUT2D eigenvalue weighted by molar-refractivity contribution is 0.108. The van der Waals surface area contributed by atoms with E-state index in [1.54, 1.807) is 0 Å². The fourth-order valence-electron chi connectivity index (χ4n) is 3.71. The first-order valence-electron chi connectivity index (χ1n) is 11.7. The predicted molar refractivity (Wildman–Crippen MR) is 134 cm³/mol. The van der Waals surface area contributed by atoms with Gasteiger partial charge in [-0.25, -0.2) is 0 Å². The van der Waals surface area contributed by atoms with E-state index in [0.717, 1.165) is 59.2 Å². The summed E-state index contributed by atoms with van der Waals surface area (Å²) in [6.07, 6.45) is 6.71. The van der Waals surface area contributed by atoms with Crippen LogP contribution in [0, 0.1) is 27.7 Å². The van der Waals surface area contributed by atoms with Gasteiger partial charge in [0.15, 0.2) is 5.52 Å². The van der Waals surface area contributed by atoms with Crippen LogP contribution in [0.2, 0.25) is 0 Å². The van der Waals surface area contributed by atoms with E-state index in [4.69, 9.17) is 9.47 Å². The van der Waals surface area contributed by atoms with Gasteiger partial charge in [0.1, 0.15) is 11.5 Å². The molecule has 2 aromatic rings. The SMILES string of the molecule is CCCCCOc1ccc(PC(=O)c2c(C)cc(C)c(C)c2C)c(OCCCCC)c1. The Morgan fingerprint density at radius 3 is 2.10 bits per heavy atom. The molecule has 0 fully saturated rings. The van der Waals surface area contributed by atoms with Gasteiger partial charge in [-0.05, 0) is 83.5 Å². The number of rotatable bonds is 13. The lowest BCUT2D eigenvalue weighted by Crippen LogP contribution is -2.11. The van der Waals surface area contributed by atoms with Gasteiger partial charge in [-0.2, -0.15) is 0 Å². The standard InChI is InChI=1S/C27H39O3P/c1-7-9-11-15-29-23-13-14-25(24(18-23)30-16-12-10-8-2)31-27(28)26-20(4)17-19(3)21(5)22(26)6/h13-14,17-18,31H,7-12,15-16H2,1-6H3. The Labute approximate surface area is 190 Å². The number of benzene rings is 2. The Morgan fingerprint density at radius 2 is 1.45 bits per heavy atom. The van der Waals surface area contributed by atoms with Crippen molar-refractivity contribution in [3.05, 3.63) is 52.1 Å². The number of unbranched alkanes of at least 4 members (excludes halogenated alkanes) is 4. The molecule has 0 N–H and O–H groups in total. The molecule has 0 amide bonds. The Morgan fingerprint density at radius 1 is 0.806 bits per heavy atom. The first kappa shape index (κ1) is 25.4. The van der Waals surface area contributed by atoms with Crippen molar-refractivity contribution in [2.45, 2.75) is 80.1 Å². The van der Waals surface area contributed by atoms with E-state index in [1.165, 1.54) is 24.0 Å². The Balaban J connectivity index is 2.23. The summed E-state index contributed by atoms with van der Waals surface area (Å²) >= 11 is 0. The molecule has 1 atom stereocenters. The molecule has 2 rings (SSSR count). The molecule has 0 bridgehead atoms. The second kappa shape index (κ2) is 12.9. The van der Waals surface area contributed by atoms with Crippen molar-refractivity contribution in [1.29, 1.82) is 0 Å². The van der Waals surface area contributed by atoms with Crippen LogP contribution in [0.25, 0.3) is 0 Å². The van der Waals surface area contributed by atoms with E-state index in [0.29, 0.717) is 13.2 Å². The fourth-order valence-corrected chi connectivity index (χ4v) is 4.90. The van der Waals surface area contributed by atoms with Crippen molar-refractivity contribution in [2.24, 2.45) is 0 Å². The zero-order valence-corrected chi connectivity index (χ0v) is 21.2. The van der Waals surface area contributed by atoms with Crippen molar-refractivity contribution >= 4 is 19.4 Å². The molecule has 3 nitrogen and oxygen atoms in total. The smallest absolute Gasteiger partial charge is 0.186 e. The molecule has 31 heavy (non-hydrogen) atoms. The van der Waals surface area contributed by atoms with E-state index in [2.05, 4.69) is 40.7 Å².